The Hall–Kier alpha value is -2.84. The van der Waals surface area contributed by atoms with Gasteiger partial charge in [0.25, 0.3) is 5.69 Å². The molecule has 2 aromatic carbocycles. The summed E-state index contributed by atoms with van der Waals surface area (Å²) in [5.41, 5.74) is 6.46. The first-order chi connectivity index (χ1) is 16.4. The third-order valence-corrected chi connectivity index (χ3v) is 5.49. The van der Waals surface area contributed by atoms with Gasteiger partial charge in [0.05, 0.1) is 18.1 Å². The maximum atomic E-state index is 10.5. The fourth-order valence-corrected chi connectivity index (χ4v) is 3.26. The van der Waals surface area contributed by atoms with Gasteiger partial charge in [-0.1, -0.05) is 27.7 Å². The van der Waals surface area contributed by atoms with E-state index in [1.54, 1.807) is 12.1 Å². The van der Waals surface area contributed by atoms with Gasteiger partial charge < -0.3 is 25.0 Å². The monoisotopic (exact) mass is 474 g/mol. The molecule has 8 heteroatoms. The fraction of sp³-hybridized carbons (Fsp3) is 0.538. The number of rotatable bonds is 15. The van der Waals surface area contributed by atoms with Crippen molar-refractivity contribution < 1.29 is 14.4 Å². The molecule has 2 N–H and O–H groups in total. The van der Waals surface area contributed by atoms with Gasteiger partial charge in [-0.2, -0.15) is 0 Å². The van der Waals surface area contributed by atoms with Crippen LogP contribution in [0.25, 0.3) is 0 Å². The van der Waals surface area contributed by atoms with E-state index in [1.807, 2.05) is 24.3 Å². The molecule has 0 aliphatic heterocycles. The second kappa shape index (κ2) is 17.6. The van der Waals surface area contributed by atoms with E-state index in [2.05, 4.69) is 37.5 Å². The Labute approximate surface area is 204 Å². The first kappa shape index (κ1) is 29.2. The van der Waals surface area contributed by atoms with Crippen LogP contribution in [0.5, 0.6) is 11.5 Å². The van der Waals surface area contributed by atoms with Crippen molar-refractivity contribution in [2.24, 2.45) is 0 Å². The molecular weight excluding hydrogens is 432 g/mol. The van der Waals surface area contributed by atoms with Gasteiger partial charge in [0.1, 0.15) is 11.5 Å². The van der Waals surface area contributed by atoms with E-state index in [1.165, 1.54) is 12.1 Å². The molecule has 0 aromatic heterocycles. The van der Waals surface area contributed by atoms with Crippen molar-refractivity contribution in [1.29, 1.82) is 0 Å². The Morgan fingerprint density at radius 2 is 1.12 bits per heavy atom. The Balaban J connectivity index is 0.000000342. The average molecular weight is 475 g/mol. The predicted octanol–water partition coefficient (Wildman–Crippen LogP) is 5.09. The molecule has 0 radical (unpaired) electrons. The molecule has 0 unspecified atom stereocenters. The summed E-state index contributed by atoms with van der Waals surface area (Å²) in [4.78, 5) is 14.8. The lowest BCUT2D eigenvalue weighted by Gasteiger charge is -2.17. The van der Waals surface area contributed by atoms with Crippen molar-refractivity contribution in [3.63, 3.8) is 0 Å². The van der Waals surface area contributed by atoms with Crippen LogP contribution in [0.4, 0.5) is 11.4 Å². The molecule has 2 rings (SSSR count). The van der Waals surface area contributed by atoms with Gasteiger partial charge in [0, 0.05) is 30.9 Å². The van der Waals surface area contributed by atoms with Crippen LogP contribution >= 0.6 is 0 Å². The standard InChI is InChI=1S/C13H20N2O3.C13H22N2O/c1-3-14(4-2)10-5-11-18-13-8-6-12(7-9-13)15(16)17;1-3-15(4-2)10-5-11-16-13-8-6-12(14)7-9-13/h6-9H,3-5,10-11H2,1-2H3;6-9H,3-5,10-11,14H2,1-2H3. The summed E-state index contributed by atoms with van der Waals surface area (Å²) in [5, 5.41) is 10.5. The van der Waals surface area contributed by atoms with E-state index in [9.17, 15) is 10.1 Å². The minimum Gasteiger partial charge on any atom is -0.494 e. The SMILES string of the molecule is CCN(CC)CCCOc1ccc(N)cc1.CCN(CC)CCCOc1ccc([N+](=O)[O-])cc1. The molecule has 8 nitrogen and oxygen atoms in total. The van der Waals surface area contributed by atoms with E-state index in [0.29, 0.717) is 12.4 Å². The lowest BCUT2D eigenvalue weighted by Crippen LogP contribution is -2.25. The van der Waals surface area contributed by atoms with Gasteiger partial charge in [-0.15, -0.1) is 0 Å². The van der Waals surface area contributed by atoms with Gasteiger partial charge >= 0.3 is 0 Å². The van der Waals surface area contributed by atoms with Crippen molar-refractivity contribution in [2.75, 3.05) is 58.2 Å². The number of hydrogen-bond acceptors (Lipinski definition) is 7. The molecule has 0 bridgehead atoms. The number of nitro groups is 1. The highest BCUT2D eigenvalue weighted by Crippen LogP contribution is 2.17. The van der Waals surface area contributed by atoms with Crippen molar-refractivity contribution >= 4 is 11.4 Å². The number of anilines is 1. The fourth-order valence-electron chi connectivity index (χ4n) is 3.26. The molecule has 2 aromatic rings. The predicted molar refractivity (Wildman–Crippen MR) is 140 cm³/mol. The van der Waals surface area contributed by atoms with E-state index in [0.717, 1.165) is 70.2 Å². The van der Waals surface area contributed by atoms with Crippen LogP contribution in [0.1, 0.15) is 40.5 Å². The summed E-state index contributed by atoms with van der Waals surface area (Å²) < 4.78 is 11.1. The smallest absolute Gasteiger partial charge is 0.269 e. The molecule has 0 aliphatic rings. The molecule has 0 amide bonds. The van der Waals surface area contributed by atoms with Gasteiger partial charge in [-0.05, 0) is 75.4 Å². The Bertz CT molecular complexity index is 776. The number of nitrogens with two attached hydrogens (primary N) is 1. The van der Waals surface area contributed by atoms with Crippen LogP contribution in [0.2, 0.25) is 0 Å². The normalized spacial score (nSPS) is 10.6. The van der Waals surface area contributed by atoms with Gasteiger partial charge in [0.15, 0.2) is 0 Å². The molecule has 0 saturated carbocycles. The lowest BCUT2D eigenvalue weighted by molar-refractivity contribution is -0.384. The first-order valence-corrected chi connectivity index (χ1v) is 12.2. The quantitative estimate of drug-likeness (QED) is 0.166. The zero-order valence-corrected chi connectivity index (χ0v) is 21.2. The number of nitro benzene ring substituents is 1. The minimum absolute atomic E-state index is 0.0884. The lowest BCUT2D eigenvalue weighted by atomic mass is 10.3. The molecule has 0 spiro atoms. The zero-order chi connectivity index (χ0) is 25.2. The van der Waals surface area contributed by atoms with Crippen molar-refractivity contribution in [2.45, 2.75) is 40.5 Å². The molecule has 0 atom stereocenters. The summed E-state index contributed by atoms with van der Waals surface area (Å²) in [5.74, 6) is 1.58. The van der Waals surface area contributed by atoms with Gasteiger partial charge in [-0.3, -0.25) is 10.1 Å². The number of ether oxygens (including phenoxy) is 2. The Morgan fingerprint density at radius 1 is 0.735 bits per heavy atom. The molecule has 0 fully saturated rings. The Morgan fingerprint density at radius 3 is 1.47 bits per heavy atom. The van der Waals surface area contributed by atoms with Gasteiger partial charge in [0.2, 0.25) is 0 Å². The molecule has 0 heterocycles. The third-order valence-electron chi connectivity index (χ3n) is 5.49. The summed E-state index contributed by atoms with van der Waals surface area (Å²) in [6.07, 6.45) is 2.02. The topological polar surface area (TPSA) is 94.1 Å². The van der Waals surface area contributed by atoms with Crippen LogP contribution in [-0.2, 0) is 0 Å². The Kier molecular flexibility index (Phi) is 15.1. The second-order valence-corrected chi connectivity index (χ2v) is 7.78. The molecule has 0 aliphatic carbocycles. The summed E-state index contributed by atoms with van der Waals surface area (Å²) in [7, 11) is 0. The first-order valence-electron chi connectivity index (χ1n) is 12.2. The highest BCUT2D eigenvalue weighted by atomic mass is 16.6. The molecule has 0 saturated heterocycles. The maximum absolute atomic E-state index is 10.5. The highest BCUT2D eigenvalue weighted by Gasteiger charge is 2.04. The van der Waals surface area contributed by atoms with Crippen molar-refractivity contribution in [1.82, 2.24) is 9.80 Å². The highest BCUT2D eigenvalue weighted by molar-refractivity contribution is 5.41. The number of nitrogens with zero attached hydrogens (tertiary/aromatic N) is 3. The van der Waals surface area contributed by atoms with Gasteiger partial charge in [-0.25, -0.2) is 0 Å². The minimum atomic E-state index is -0.413. The molecule has 34 heavy (non-hydrogen) atoms. The van der Waals surface area contributed by atoms with E-state index < -0.39 is 4.92 Å². The second-order valence-electron chi connectivity index (χ2n) is 7.78. The van der Waals surface area contributed by atoms with Crippen LogP contribution in [0.3, 0.4) is 0 Å². The zero-order valence-electron chi connectivity index (χ0n) is 21.2. The largest absolute Gasteiger partial charge is 0.494 e. The van der Waals surface area contributed by atoms with Crippen molar-refractivity contribution in [3.8, 4) is 11.5 Å². The number of hydrogen-bond donors (Lipinski definition) is 1. The summed E-state index contributed by atoms with van der Waals surface area (Å²) in [6.45, 7) is 16.5. The number of non-ortho nitro benzene ring substituents is 1. The van der Waals surface area contributed by atoms with Crippen LogP contribution in [0, 0.1) is 10.1 Å². The number of nitrogen functional groups attached to an aromatic ring is 1. The third kappa shape index (κ3) is 12.4. The van der Waals surface area contributed by atoms with Crippen LogP contribution in [0.15, 0.2) is 48.5 Å². The average Bonchev–Trinajstić information content (AvgIpc) is 2.86. The summed E-state index contributed by atoms with van der Waals surface area (Å²) in [6, 6.07) is 13.7. The van der Waals surface area contributed by atoms with E-state index >= 15 is 0 Å². The van der Waals surface area contributed by atoms with E-state index in [-0.39, 0.29) is 5.69 Å². The van der Waals surface area contributed by atoms with Crippen LogP contribution in [-0.4, -0.2) is 67.2 Å². The molecule has 190 valence electrons. The van der Waals surface area contributed by atoms with E-state index in [4.69, 9.17) is 15.2 Å². The summed E-state index contributed by atoms with van der Waals surface area (Å²) >= 11 is 0. The van der Waals surface area contributed by atoms with Crippen molar-refractivity contribution in [3.05, 3.63) is 58.6 Å². The number of benzene rings is 2. The van der Waals surface area contributed by atoms with Crippen LogP contribution < -0.4 is 15.2 Å². The maximum Gasteiger partial charge on any atom is 0.269 e. The molecular formula is C26H42N4O4.